The first-order valence-electron chi connectivity index (χ1n) is 8.89. The van der Waals surface area contributed by atoms with Gasteiger partial charge in [-0.3, -0.25) is 4.90 Å². The molecule has 4 heteroatoms. The molecule has 2 aromatic rings. The fourth-order valence-corrected chi connectivity index (χ4v) is 4.80. The summed E-state index contributed by atoms with van der Waals surface area (Å²) >= 11 is 0. The maximum atomic E-state index is 9.81. The molecule has 124 valence electrons. The molecule has 0 saturated carbocycles. The van der Waals surface area contributed by atoms with Crippen molar-refractivity contribution in [2.45, 2.75) is 38.6 Å². The summed E-state index contributed by atoms with van der Waals surface area (Å²) < 4.78 is 0. The highest BCUT2D eigenvalue weighted by molar-refractivity contribution is 5.86. The van der Waals surface area contributed by atoms with Crippen LogP contribution in [0.4, 0.5) is 0 Å². The number of hydrogen-bond acceptors (Lipinski definition) is 3. The Morgan fingerprint density at radius 1 is 1.30 bits per heavy atom. The predicted molar refractivity (Wildman–Crippen MR) is 91.6 cm³/mol. The van der Waals surface area contributed by atoms with Crippen molar-refractivity contribution in [3.8, 4) is 5.75 Å². The number of aromatic hydroxyl groups is 1. The van der Waals surface area contributed by atoms with E-state index in [0.717, 1.165) is 37.9 Å². The van der Waals surface area contributed by atoms with Gasteiger partial charge in [0.15, 0.2) is 0 Å². The summed E-state index contributed by atoms with van der Waals surface area (Å²) in [6, 6.07) is 6.07. The number of benzene rings is 1. The van der Waals surface area contributed by atoms with Gasteiger partial charge in [0, 0.05) is 36.3 Å². The number of rotatable bonds is 3. The number of aliphatic hydroxyl groups is 1. The van der Waals surface area contributed by atoms with Gasteiger partial charge in [0.1, 0.15) is 5.75 Å². The molecule has 1 fully saturated rings. The molecule has 0 bridgehead atoms. The fraction of sp³-hybridized carbons (Fsp3) is 0.579. The minimum Gasteiger partial charge on any atom is -0.508 e. The second-order valence-corrected chi connectivity index (χ2v) is 7.18. The Bertz CT molecular complexity index is 709. The molecule has 0 aliphatic carbocycles. The second-order valence-electron chi connectivity index (χ2n) is 7.18. The van der Waals surface area contributed by atoms with Crippen molar-refractivity contribution in [3.05, 3.63) is 29.5 Å². The van der Waals surface area contributed by atoms with Crippen LogP contribution < -0.4 is 0 Å². The Labute approximate surface area is 137 Å². The van der Waals surface area contributed by atoms with Crippen molar-refractivity contribution in [2.24, 2.45) is 11.8 Å². The zero-order valence-corrected chi connectivity index (χ0v) is 13.8. The lowest BCUT2D eigenvalue weighted by Crippen LogP contribution is -2.46. The van der Waals surface area contributed by atoms with Gasteiger partial charge in [0.25, 0.3) is 0 Å². The van der Waals surface area contributed by atoms with Crippen molar-refractivity contribution in [1.29, 1.82) is 0 Å². The summed E-state index contributed by atoms with van der Waals surface area (Å²) in [5.41, 5.74) is 3.86. The zero-order chi connectivity index (χ0) is 16.0. The van der Waals surface area contributed by atoms with Gasteiger partial charge in [-0.2, -0.15) is 0 Å². The molecule has 3 heterocycles. The monoisotopic (exact) mass is 314 g/mol. The third-order valence-corrected chi connectivity index (χ3v) is 6.03. The fourth-order valence-electron chi connectivity index (χ4n) is 4.80. The predicted octanol–water partition coefficient (Wildman–Crippen LogP) is 3.20. The van der Waals surface area contributed by atoms with Gasteiger partial charge in [0.05, 0.1) is 6.04 Å². The van der Waals surface area contributed by atoms with Gasteiger partial charge >= 0.3 is 0 Å². The van der Waals surface area contributed by atoms with Crippen molar-refractivity contribution in [2.75, 3.05) is 19.7 Å². The number of phenolic OH excluding ortho intramolecular Hbond substituents is 1. The Balaban J connectivity index is 1.72. The van der Waals surface area contributed by atoms with Crippen LogP contribution in [0.15, 0.2) is 18.2 Å². The highest BCUT2D eigenvalue weighted by Crippen LogP contribution is 2.44. The molecule has 4 nitrogen and oxygen atoms in total. The molecule has 23 heavy (non-hydrogen) atoms. The van der Waals surface area contributed by atoms with Gasteiger partial charge < -0.3 is 15.2 Å². The van der Waals surface area contributed by atoms with Crippen LogP contribution in [0.25, 0.3) is 10.9 Å². The summed E-state index contributed by atoms with van der Waals surface area (Å²) in [5.74, 6) is 1.65. The number of nitrogens with zero attached hydrogens (tertiary/aromatic N) is 1. The van der Waals surface area contributed by atoms with Gasteiger partial charge in [-0.1, -0.05) is 13.3 Å². The van der Waals surface area contributed by atoms with Crippen LogP contribution in [0.3, 0.4) is 0 Å². The summed E-state index contributed by atoms with van der Waals surface area (Å²) in [6.07, 6.45) is 4.29. The lowest BCUT2D eigenvalue weighted by atomic mass is 9.76. The van der Waals surface area contributed by atoms with Crippen LogP contribution in [0.1, 0.15) is 43.5 Å². The molecule has 1 aromatic heterocycles. The third-order valence-electron chi connectivity index (χ3n) is 6.03. The van der Waals surface area contributed by atoms with Crippen LogP contribution in [0.5, 0.6) is 5.75 Å². The van der Waals surface area contributed by atoms with Crippen LogP contribution in [-0.4, -0.2) is 39.8 Å². The number of nitrogens with one attached hydrogen (secondary N) is 1. The smallest absolute Gasteiger partial charge is 0.116 e. The van der Waals surface area contributed by atoms with E-state index < -0.39 is 0 Å². The van der Waals surface area contributed by atoms with E-state index in [4.69, 9.17) is 0 Å². The number of aliphatic hydroxyl groups excluding tert-OH is 1. The second kappa shape index (κ2) is 5.84. The molecule has 2 aliphatic heterocycles. The third kappa shape index (κ3) is 2.45. The molecule has 0 spiro atoms. The average molecular weight is 314 g/mol. The van der Waals surface area contributed by atoms with E-state index >= 15 is 0 Å². The van der Waals surface area contributed by atoms with Crippen molar-refractivity contribution in [3.63, 3.8) is 0 Å². The van der Waals surface area contributed by atoms with E-state index in [9.17, 15) is 10.2 Å². The topological polar surface area (TPSA) is 59.5 Å². The number of fused-ring (bicyclic) bond motifs is 5. The lowest BCUT2D eigenvalue weighted by molar-refractivity contribution is 0.0396. The average Bonchev–Trinajstić information content (AvgIpc) is 2.93. The number of H-pyrrole nitrogens is 1. The zero-order valence-electron chi connectivity index (χ0n) is 13.8. The molecular weight excluding hydrogens is 288 g/mol. The molecule has 0 amide bonds. The molecule has 3 atom stereocenters. The Hall–Kier alpha value is -1.52. The van der Waals surface area contributed by atoms with Crippen LogP contribution in [-0.2, 0) is 6.42 Å². The van der Waals surface area contributed by atoms with Gasteiger partial charge in [-0.05, 0) is 54.9 Å². The number of aromatic amines is 1. The van der Waals surface area contributed by atoms with Crippen molar-refractivity contribution < 1.29 is 10.2 Å². The normalized spacial score (nSPS) is 27.8. The van der Waals surface area contributed by atoms with Gasteiger partial charge in [-0.25, -0.2) is 0 Å². The Morgan fingerprint density at radius 2 is 2.17 bits per heavy atom. The summed E-state index contributed by atoms with van der Waals surface area (Å²) in [5, 5.41) is 20.4. The first-order chi connectivity index (χ1) is 11.2. The molecule has 4 rings (SSSR count). The first kappa shape index (κ1) is 15.0. The maximum absolute atomic E-state index is 9.81. The molecule has 1 saturated heterocycles. The van der Waals surface area contributed by atoms with Crippen molar-refractivity contribution >= 4 is 10.9 Å². The minimum absolute atomic E-state index is 0.293. The van der Waals surface area contributed by atoms with Crippen LogP contribution in [0.2, 0.25) is 0 Å². The lowest BCUT2D eigenvalue weighted by Gasteiger charge is -2.46. The van der Waals surface area contributed by atoms with E-state index in [1.54, 1.807) is 6.07 Å². The molecule has 0 unspecified atom stereocenters. The maximum Gasteiger partial charge on any atom is 0.116 e. The first-order valence-corrected chi connectivity index (χ1v) is 8.89. The van der Waals surface area contributed by atoms with Crippen LogP contribution >= 0.6 is 0 Å². The van der Waals surface area contributed by atoms with Gasteiger partial charge in [-0.15, -0.1) is 0 Å². The molecule has 1 aromatic carbocycles. The highest BCUT2D eigenvalue weighted by Gasteiger charge is 2.39. The van der Waals surface area contributed by atoms with E-state index in [1.165, 1.54) is 23.1 Å². The standard InChI is InChI=1S/C19H26N2O2/c1-2-12-11-21-7-5-15-16-10-14(23)3-4-17(16)20-19(15)18(21)9-13(12)6-8-22/h3-4,10,12-13,18,20,22-23H,2,5-9,11H2,1H3/t12-,13+,18+/m1/s1. The van der Waals surface area contributed by atoms with E-state index in [2.05, 4.69) is 16.8 Å². The highest BCUT2D eigenvalue weighted by atomic mass is 16.3. The summed E-state index contributed by atoms with van der Waals surface area (Å²) in [7, 11) is 0. The van der Waals surface area contributed by atoms with E-state index in [1.807, 2.05) is 12.1 Å². The SMILES string of the molecule is CC[C@@H]1CN2CCc3c([nH]c4ccc(O)cc34)[C@@H]2C[C@@H]1CCO. The number of piperidine rings is 1. The number of aromatic nitrogens is 1. The number of phenols is 1. The number of hydrogen-bond donors (Lipinski definition) is 3. The van der Waals surface area contributed by atoms with E-state index in [-0.39, 0.29) is 0 Å². The molecule has 0 radical (unpaired) electrons. The largest absolute Gasteiger partial charge is 0.508 e. The van der Waals surface area contributed by atoms with Gasteiger partial charge in [0.2, 0.25) is 0 Å². The van der Waals surface area contributed by atoms with Crippen molar-refractivity contribution in [1.82, 2.24) is 9.88 Å². The Kier molecular flexibility index (Phi) is 3.82. The van der Waals surface area contributed by atoms with E-state index in [0.29, 0.717) is 30.2 Å². The molecule has 3 N–H and O–H groups in total. The molecule has 2 aliphatic rings. The minimum atomic E-state index is 0.293. The quantitative estimate of drug-likeness (QED) is 0.815. The Morgan fingerprint density at radius 3 is 2.96 bits per heavy atom. The summed E-state index contributed by atoms with van der Waals surface area (Å²) in [4.78, 5) is 6.25. The molecular formula is C19H26N2O2. The summed E-state index contributed by atoms with van der Waals surface area (Å²) in [6.45, 7) is 4.81. The van der Waals surface area contributed by atoms with Crippen LogP contribution in [0, 0.1) is 11.8 Å².